The zero-order valence-corrected chi connectivity index (χ0v) is 13.6. The van der Waals surface area contributed by atoms with E-state index < -0.39 is 15.8 Å². The minimum absolute atomic E-state index is 0.282. The van der Waals surface area contributed by atoms with Gasteiger partial charge >= 0.3 is 129 Å². The van der Waals surface area contributed by atoms with E-state index in [1.165, 1.54) is 16.1 Å². The first-order valence-electron chi connectivity index (χ1n) is 6.77. The number of anilines is 2. The monoisotopic (exact) mass is 348 g/mol. The van der Waals surface area contributed by atoms with Gasteiger partial charge in [-0.25, -0.2) is 0 Å². The van der Waals surface area contributed by atoms with E-state index >= 15 is 0 Å². The van der Waals surface area contributed by atoms with Crippen molar-refractivity contribution < 1.29 is 4.74 Å². The quantitative estimate of drug-likeness (QED) is 0.665. The predicted octanol–water partition coefficient (Wildman–Crippen LogP) is -1.42. The topological polar surface area (TPSA) is 84.2 Å². The molecular weight excluding hydrogens is 331 g/mol. The molecule has 3 N–H and O–H groups in total. The molecule has 1 aromatic heterocycles. The number of H-pyrrole nitrogens is 1. The molecule has 6 nitrogen and oxygen atoms in total. The third-order valence-electron chi connectivity index (χ3n) is 3.27. The summed E-state index contributed by atoms with van der Waals surface area (Å²) in [5, 5.41) is 0. The van der Waals surface area contributed by atoms with Gasteiger partial charge in [-0.1, -0.05) is 0 Å². The molecule has 1 unspecified atom stereocenters. The summed E-state index contributed by atoms with van der Waals surface area (Å²) < 4.78 is 7.27. The molecule has 7 heteroatoms. The standard InChI is InChI=1S/C14H17AsN4O2/c16-12-9-13(20)18-14(17-12)15-10-1-3-11(4-2-10)19-5-7-21-8-6-19/h1-4,9,15H,5-8H2,(H3,16,17,18,20). The summed E-state index contributed by atoms with van der Waals surface area (Å²) in [6, 6.07) is 9.75. The molecule has 0 saturated carbocycles. The van der Waals surface area contributed by atoms with Gasteiger partial charge in [0.25, 0.3) is 0 Å². The SMILES string of the molecule is Nc1cc(=O)nc([AsH]c2ccc(N3CCOCC3)cc2)[nH]1. The number of hydrogen-bond donors (Lipinski definition) is 2. The number of nitrogens with two attached hydrogens (primary N) is 1. The van der Waals surface area contributed by atoms with Gasteiger partial charge in [-0.05, 0) is 0 Å². The number of nitrogens with zero attached hydrogens (tertiary/aromatic N) is 2. The van der Waals surface area contributed by atoms with Crippen molar-refractivity contribution in [2.24, 2.45) is 0 Å². The van der Waals surface area contributed by atoms with Crippen LogP contribution in [0.5, 0.6) is 0 Å². The summed E-state index contributed by atoms with van der Waals surface area (Å²) in [4.78, 5) is 20.6. The van der Waals surface area contributed by atoms with E-state index in [9.17, 15) is 4.79 Å². The van der Waals surface area contributed by atoms with Gasteiger partial charge in [0.05, 0.1) is 0 Å². The van der Waals surface area contributed by atoms with Crippen molar-refractivity contribution in [3.8, 4) is 0 Å². The Labute approximate surface area is 129 Å². The Morgan fingerprint density at radius 3 is 2.62 bits per heavy atom. The van der Waals surface area contributed by atoms with Crippen LogP contribution < -0.4 is 25.2 Å². The Balaban J connectivity index is 1.73. The molecule has 1 saturated heterocycles. The number of aromatic nitrogens is 2. The number of morpholine rings is 1. The summed E-state index contributed by atoms with van der Waals surface area (Å²) in [7, 11) is 0. The number of rotatable bonds is 3. The fraction of sp³-hybridized carbons (Fsp3) is 0.286. The van der Waals surface area contributed by atoms with Crippen LogP contribution in [0.1, 0.15) is 0 Å². The average Bonchev–Trinajstić information content (AvgIpc) is 2.48. The van der Waals surface area contributed by atoms with Crippen LogP contribution in [0.3, 0.4) is 0 Å². The molecule has 1 atom stereocenters. The summed E-state index contributed by atoms with van der Waals surface area (Å²) >= 11 is -0.674. The van der Waals surface area contributed by atoms with Crippen LogP contribution in [0.2, 0.25) is 0 Å². The van der Waals surface area contributed by atoms with Gasteiger partial charge in [0.1, 0.15) is 0 Å². The van der Waals surface area contributed by atoms with E-state index in [0.29, 0.717) is 10.4 Å². The molecule has 2 heterocycles. The second-order valence-corrected chi connectivity index (χ2v) is 7.52. The number of ether oxygens (including phenoxy) is 1. The third kappa shape index (κ3) is 3.65. The predicted molar refractivity (Wildman–Crippen MR) is 85.2 cm³/mol. The second kappa shape index (κ2) is 6.33. The fourth-order valence-electron chi connectivity index (χ4n) is 2.25. The fourth-order valence-corrected chi connectivity index (χ4v) is 4.30. The Kier molecular flexibility index (Phi) is 4.27. The Bertz CT molecular complexity index is 665. The number of nitrogens with one attached hydrogen (secondary N) is 1. The van der Waals surface area contributed by atoms with E-state index in [-0.39, 0.29) is 5.56 Å². The molecule has 1 aliphatic rings. The zero-order chi connectivity index (χ0) is 14.7. The van der Waals surface area contributed by atoms with Crippen LogP contribution in [-0.4, -0.2) is 52.0 Å². The average molecular weight is 348 g/mol. The normalized spacial score (nSPS) is 15.7. The molecule has 21 heavy (non-hydrogen) atoms. The van der Waals surface area contributed by atoms with Crippen molar-refractivity contribution >= 4 is 36.2 Å². The first-order chi connectivity index (χ1) is 10.2. The van der Waals surface area contributed by atoms with Gasteiger partial charge < -0.3 is 0 Å². The first-order valence-corrected chi connectivity index (χ1v) is 8.87. The van der Waals surface area contributed by atoms with Crippen molar-refractivity contribution in [2.75, 3.05) is 36.9 Å². The zero-order valence-electron chi connectivity index (χ0n) is 11.5. The van der Waals surface area contributed by atoms with Crippen LogP contribution in [0, 0.1) is 0 Å². The summed E-state index contributed by atoms with van der Waals surface area (Å²) in [6.45, 7) is 3.42. The van der Waals surface area contributed by atoms with Crippen LogP contribution in [0.25, 0.3) is 0 Å². The van der Waals surface area contributed by atoms with Crippen LogP contribution in [-0.2, 0) is 4.74 Å². The molecule has 0 aliphatic carbocycles. The van der Waals surface area contributed by atoms with Crippen molar-refractivity contribution in [3.05, 3.63) is 40.7 Å². The maximum absolute atomic E-state index is 11.4. The number of hydrogen-bond acceptors (Lipinski definition) is 5. The number of aromatic amines is 1. The summed E-state index contributed by atoms with van der Waals surface area (Å²) in [6.07, 6.45) is 0. The van der Waals surface area contributed by atoms with Crippen molar-refractivity contribution in [1.29, 1.82) is 0 Å². The van der Waals surface area contributed by atoms with E-state index in [4.69, 9.17) is 10.5 Å². The van der Waals surface area contributed by atoms with Gasteiger partial charge in [0, 0.05) is 0 Å². The number of nitrogen functional groups attached to an aromatic ring is 1. The Hall–Kier alpha value is -1.78. The molecule has 1 fully saturated rings. The molecule has 1 aromatic carbocycles. The Morgan fingerprint density at radius 2 is 1.95 bits per heavy atom. The number of benzene rings is 1. The van der Waals surface area contributed by atoms with E-state index in [1.807, 2.05) is 0 Å². The third-order valence-corrected chi connectivity index (χ3v) is 5.57. The first kappa shape index (κ1) is 14.2. The summed E-state index contributed by atoms with van der Waals surface area (Å²) in [5.41, 5.74) is 6.57. The van der Waals surface area contributed by atoms with Gasteiger partial charge in [0.2, 0.25) is 0 Å². The van der Waals surface area contributed by atoms with Crippen molar-refractivity contribution in [3.63, 3.8) is 0 Å². The molecule has 110 valence electrons. The molecule has 0 amide bonds. The minimum atomic E-state index is -0.674. The molecule has 0 bridgehead atoms. The van der Waals surface area contributed by atoms with E-state index in [2.05, 4.69) is 39.1 Å². The Morgan fingerprint density at radius 1 is 1.24 bits per heavy atom. The maximum atomic E-state index is 11.4. The molecule has 1 aliphatic heterocycles. The van der Waals surface area contributed by atoms with Crippen molar-refractivity contribution in [2.45, 2.75) is 0 Å². The molecule has 0 radical (unpaired) electrons. The van der Waals surface area contributed by atoms with E-state index in [0.717, 1.165) is 26.3 Å². The van der Waals surface area contributed by atoms with Gasteiger partial charge in [-0.15, -0.1) is 0 Å². The van der Waals surface area contributed by atoms with Gasteiger partial charge in [-0.3, -0.25) is 0 Å². The van der Waals surface area contributed by atoms with Crippen molar-refractivity contribution in [1.82, 2.24) is 9.97 Å². The molecule has 2 aromatic rings. The summed E-state index contributed by atoms with van der Waals surface area (Å²) in [5.74, 6) is 0.374. The van der Waals surface area contributed by atoms with E-state index in [1.54, 1.807) is 0 Å². The second-order valence-electron chi connectivity index (χ2n) is 4.79. The molecular formula is C14H17AsN4O2. The van der Waals surface area contributed by atoms with Gasteiger partial charge in [-0.2, -0.15) is 0 Å². The molecule has 0 spiro atoms. The van der Waals surface area contributed by atoms with Gasteiger partial charge in [0.15, 0.2) is 0 Å². The van der Waals surface area contributed by atoms with Crippen LogP contribution in [0.4, 0.5) is 11.5 Å². The van der Waals surface area contributed by atoms with Crippen LogP contribution >= 0.6 is 0 Å². The van der Waals surface area contributed by atoms with Crippen LogP contribution in [0.15, 0.2) is 35.1 Å². The molecule has 3 rings (SSSR count).